The van der Waals surface area contributed by atoms with Gasteiger partial charge in [0.15, 0.2) is 0 Å². The molecule has 0 fully saturated rings. The van der Waals surface area contributed by atoms with Crippen molar-refractivity contribution in [2.75, 3.05) is 5.32 Å². The molecule has 0 bridgehead atoms. The van der Waals surface area contributed by atoms with E-state index in [-0.39, 0.29) is 0 Å². The highest BCUT2D eigenvalue weighted by atomic mass is 32.1. The van der Waals surface area contributed by atoms with Crippen LogP contribution in [0.5, 0.6) is 0 Å². The highest BCUT2D eigenvalue weighted by molar-refractivity contribution is 7.09. The molecule has 86 valence electrons. The molecule has 0 aromatic carbocycles. The molecule has 0 spiro atoms. The van der Waals surface area contributed by atoms with E-state index in [2.05, 4.69) is 27.6 Å². The first-order chi connectivity index (χ1) is 8.31. The second-order valence-electron chi connectivity index (χ2n) is 3.48. The molecule has 0 aliphatic heterocycles. The minimum absolute atomic E-state index is 0.428. The first-order valence-electron chi connectivity index (χ1n) is 5.35. The Morgan fingerprint density at radius 1 is 1.47 bits per heavy atom. The first-order valence-corrected chi connectivity index (χ1v) is 6.23. The smallest absolute Gasteiger partial charge is 0.140 e. The van der Waals surface area contributed by atoms with Crippen LogP contribution < -0.4 is 5.32 Å². The molecule has 0 aliphatic carbocycles. The van der Waals surface area contributed by atoms with Crippen molar-refractivity contribution in [3.63, 3.8) is 0 Å². The molecule has 0 aliphatic rings. The highest BCUT2D eigenvalue weighted by Crippen LogP contribution is 2.12. The lowest BCUT2D eigenvalue weighted by Crippen LogP contribution is -2.00. The Hall–Kier alpha value is -1.93. The molecule has 0 saturated carbocycles. The van der Waals surface area contributed by atoms with Gasteiger partial charge in [-0.2, -0.15) is 5.26 Å². The van der Waals surface area contributed by atoms with Gasteiger partial charge in [-0.05, 0) is 18.6 Å². The van der Waals surface area contributed by atoms with E-state index in [9.17, 15) is 0 Å². The summed E-state index contributed by atoms with van der Waals surface area (Å²) in [5.74, 6) is 0. The number of nitrogens with one attached hydrogen (secondary N) is 1. The van der Waals surface area contributed by atoms with Gasteiger partial charge in [0.25, 0.3) is 0 Å². The van der Waals surface area contributed by atoms with E-state index in [4.69, 9.17) is 5.26 Å². The summed E-state index contributed by atoms with van der Waals surface area (Å²) in [6, 6.07) is 5.53. The van der Waals surface area contributed by atoms with Crippen LogP contribution in [0.25, 0.3) is 0 Å². The maximum atomic E-state index is 8.62. The number of rotatable bonds is 4. The third-order valence-corrected chi connectivity index (χ3v) is 3.30. The second kappa shape index (κ2) is 5.41. The van der Waals surface area contributed by atoms with E-state index < -0.39 is 0 Å². The van der Waals surface area contributed by atoms with Crippen LogP contribution in [0.1, 0.15) is 23.3 Å². The van der Waals surface area contributed by atoms with Crippen molar-refractivity contribution >= 4 is 17.0 Å². The van der Waals surface area contributed by atoms with Crippen LogP contribution in [-0.2, 0) is 13.0 Å². The summed E-state index contributed by atoms with van der Waals surface area (Å²) in [4.78, 5) is 8.45. The molecule has 17 heavy (non-hydrogen) atoms. The number of anilines is 1. The zero-order valence-electron chi connectivity index (χ0n) is 9.47. The van der Waals surface area contributed by atoms with Crippen molar-refractivity contribution in [1.29, 1.82) is 5.26 Å². The van der Waals surface area contributed by atoms with Crippen LogP contribution in [-0.4, -0.2) is 9.97 Å². The Balaban J connectivity index is 1.95. The molecule has 0 amide bonds. The predicted molar refractivity (Wildman–Crippen MR) is 67.8 cm³/mol. The number of aryl methyl sites for hydroxylation is 1. The number of pyridine rings is 1. The summed E-state index contributed by atoms with van der Waals surface area (Å²) >= 11 is 1.68. The molecular formula is C12H12N4S. The normalized spacial score (nSPS) is 9.88. The quantitative estimate of drug-likeness (QED) is 0.898. The molecule has 4 nitrogen and oxygen atoms in total. The van der Waals surface area contributed by atoms with Crippen LogP contribution in [0.4, 0.5) is 5.69 Å². The molecule has 2 heterocycles. The third-order valence-electron chi connectivity index (χ3n) is 2.25. The van der Waals surface area contributed by atoms with Gasteiger partial charge in [-0.15, -0.1) is 11.3 Å². The van der Waals surface area contributed by atoms with Gasteiger partial charge in [-0.1, -0.05) is 6.92 Å². The monoisotopic (exact) mass is 244 g/mol. The van der Waals surface area contributed by atoms with E-state index in [1.807, 2.05) is 12.1 Å². The van der Waals surface area contributed by atoms with E-state index in [1.54, 1.807) is 23.6 Å². The molecule has 0 radical (unpaired) electrons. The van der Waals surface area contributed by atoms with Gasteiger partial charge in [-0.3, -0.25) is 0 Å². The Bertz CT molecular complexity index is 524. The maximum Gasteiger partial charge on any atom is 0.140 e. The number of thiazole rings is 1. The van der Waals surface area contributed by atoms with Crippen LogP contribution in [0.15, 0.2) is 23.7 Å². The lowest BCUT2D eigenvalue weighted by molar-refractivity contribution is 1.01. The fourth-order valence-corrected chi connectivity index (χ4v) is 2.09. The zero-order valence-corrected chi connectivity index (χ0v) is 10.3. The van der Waals surface area contributed by atoms with Crippen molar-refractivity contribution in [2.24, 2.45) is 0 Å². The topological polar surface area (TPSA) is 61.6 Å². The van der Waals surface area contributed by atoms with Crippen molar-refractivity contribution in [2.45, 2.75) is 19.9 Å². The average molecular weight is 244 g/mol. The number of hydrogen-bond donors (Lipinski definition) is 1. The summed E-state index contributed by atoms with van der Waals surface area (Å²) in [6.07, 6.45) is 2.63. The fourth-order valence-electron chi connectivity index (χ4n) is 1.35. The molecular weight excluding hydrogens is 232 g/mol. The third kappa shape index (κ3) is 3.02. The van der Waals surface area contributed by atoms with E-state index in [1.165, 1.54) is 0 Å². The van der Waals surface area contributed by atoms with Gasteiger partial charge in [-0.25, -0.2) is 9.97 Å². The Morgan fingerprint density at radius 2 is 2.35 bits per heavy atom. The molecule has 2 aromatic rings. The summed E-state index contributed by atoms with van der Waals surface area (Å²) in [7, 11) is 0. The maximum absolute atomic E-state index is 8.62. The molecule has 1 N–H and O–H groups in total. The number of nitriles is 1. The van der Waals surface area contributed by atoms with Crippen LogP contribution >= 0.6 is 11.3 Å². The molecule has 2 rings (SSSR count). The van der Waals surface area contributed by atoms with Gasteiger partial charge in [0, 0.05) is 5.38 Å². The molecule has 5 heteroatoms. The molecule has 0 unspecified atom stereocenters. The SMILES string of the molecule is CCc1nc(CNc2ccc(C#N)nc2)cs1. The minimum Gasteiger partial charge on any atom is -0.378 e. The van der Waals surface area contributed by atoms with Gasteiger partial charge >= 0.3 is 0 Å². The van der Waals surface area contributed by atoms with Crippen molar-refractivity contribution in [3.05, 3.63) is 40.1 Å². The Kier molecular flexibility index (Phi) is 3.68. The number of hydrogen-bond acceptors (Lipinski definition) is 5. The largest absolute Gasteiger partial charge is 0.378 e. The first kappa shape index (κ1) is 11.6. The Labute approximate surface area is 104 Å². The van der Waals surface area contributed by atoms with E-state index in [0.29, 0.717) is 12.2 Å². The van der Waals surface area contributed by atoms with E-state index >= 15 is 0 Å². The second-order valence-corrected chi connectivity index (χ2v) is 4.43. The lowest BCUT2D eigenvalue weighted by atomic mass is 10.3. The summed E-state index contributed by atoms with van der Waals surface area (Å²) in [5, 5.41) is 15.1. The fraction of sp³-hybridized carbons (Fsp3) is 0.250. The Morgan fingerprint density at radius 3 is 2.94 bits per heavy atom. The zero-order chi connectivity index (χ0) is 12.1. The van der Waals surface area contributed by atoms with Crippen LogP contribution in [0.2, 0.25) is 0 Å². The van der Waals surface area contributed by atoms with Gasteiger partial charge in [0.05, 0.1) is 29.1 Å². The van der Waals surface area contributed by atoms with Crippen molar-refractivity contribution in [3.8, 4) is 6.07 Å². The molecule has 0 atom stereocenters. The minimum atomic E-state index is 0.428. The average Bonchev–Trinajstić information content (AvgIpc) is 2.85. The molecule has 2 aromatic heterocycles. The molecule has 0 saturated heterocycles. The predicted octanol–water partition coefficient (Wildman–Crippen LogP) is 2.58. The standard InChI is InChI=1S/C12H12N4S/c1-2-12-16-11(8-17-12)7-15-10-4-3-9(5-13)14-6-10/h3-4,6,8,15H,2,7H2,1H3. The summed E-state index contributed by atoms with van der Waals surface area (Å²) in [5.41, 5.74) is 2.36. The summed E-state index contributed by atoms with van der Waals surface area (Å²) in [6.45, 7) is 2.78. The number of aromatic nitrogens is 2. The highest BCUT2D eigenvalue weighted by Gasteiger charge is 2.00. The summed E-state index contributed by atoms with van der Waals surface area (Å²) < 4.78 is 0. The van der Waals surface area contributed by atoms with Gasteiger partial charge < -0.3 is 5.32 Å². The van der Waals surface area contributed by atoms with Gasteiger partial charge in [0.2, 0.25) is 0 Å². The van der Waals surface area contributed by atoms with Crippen LogP contribution in [0.3, 0.4) is 0 Å². The van der Waals surface area contributed by atoms with Crippen LogP contribution in [0, 0.1) is 11.3 Å². The van der Waals surface area contributed by atoms with E-state index in [0.717, 1.165) is 22.8 Å². The number of nitrogens with zero attached hydrogens (tertiary/aromatic N) is 3. The van der Waals surface area contributed by atoms with Gasteiger partial charge in [0.1, 0.15) is 11.8 Å². The van der Waals surface area contributed by atoms with Crippen molar-refractivity contribution in [1.82, 2.24) is 9.97 Å². The lowest BCUT2D eigenvalue weighted by Gasteiger charge is -2.03. The van der Waals surface area contributed by atoms with Crippen molar-refractivity contribution < 1.29 is 0 Å².